The summed E-state index contributed by atoms with van der Waals surface area (Å²) in [5, 5.41) is 3.04. The first kappa shape index (κ1) is 18.0. The van der Waals surface area contributed by atoms with E-state index in [9.17, 15) is 4.79 Å². The maximum absolute atomic E-state index is 12.2. The van der Waals surface area contributed by atoms with E-state index in [0.29, 0.717) is 6.61 Å². The van der Waals surface area contributed by atoms with Crippen molar-refractivity contribution in [3.8, 4) is 0 Å². The number of benzene rings is 1. The van der Waals surface area contributed by atoms with Crippen molar-refractivity contribution in [3.63, 3.8) is 0 Å². The van der Waals surface area contributed by atoms with Gasteiger partial charge >= 0.3 is 0 Å². The Morgan fingerprint density at radius 3 is 2.52 bits per heavy atom. The molecule has 1 saturated heterocycles. The lowest BCUT2D eigenvalue weighted by Crippen LogP contribution is -2.51. The lowest BCUT2D eigenvalue weighted by molar-refractivity contribution is -0.125. The van der Waals surface area contributed by atoms with Crippen molar-refractivity contribution in [1.82, 2.24) is 5.32 Å². The summed E-state index contributed by atoms with van der Waals surface area (Å²) in [6, 6.07) is 9.48. The molecule has 1 aliphatic rings. The summed E-state index contributed by atoms with van der Waals surface area (Å²) < 4.78 is 5.76. The Bertz CT molecular complexity index is 459. The van der Waals surface area contributed by atoms with Crippen LogP contribution >= 0.6 is 12.4 Å². The van der Waals surface area contributed by atoms with Gasteiger partial charge in [0.1, 0.15) is 6.10 Å². The standard InChI is InChI=1S/C16H24N2O2.ClH/c1-16(2,3)14(17)15(19)18-12-9-10-20-13(12)11-7-5-4-6-8-11;/h4-8,12-14H,9-10,17H2,1-3H3,(H,18,19);1H/t12?,13?,14-;/m1./s1. The van der Waals surface area contributed by atoms with Gasteiger partial charge in [-0.25, -0.2) is 0 Å². The van der Waals surface area contributed by atoms with Crippen LogP contribution in [-0.2, 0) is 9.53 Å². The molecule has 1 aliphatic heterocycles. The van der Waals surface area contributed by atoms with E-state index in [1.54, 1.807) is 0 Å². The SMILES string of the molecule is CC(C)(C)[C@H](N)C(=O)NC1CCOC1c1ccccc1.Cl. The first-order valence-electron chi connectivity index (χ1n) is 7.12. The number of rotatable bonds is 3. The molecule has 4 nitrogen and oxygen atoms in total. The topological polar surface area (TPSA) is 64.4 Å². The number of nitrogens with one attached hydrogen (secondary N) is 1. The fourth-order valence-electron chi connectivity index (χ4n) is 2.37. The van der Waals surface area contributed by atoms with Crippen molar-refractivity contribution in [2.75, 3.05) is 6.61 Å². The highest BCUT2D eigenvalue weighted by Gasteiger charge is 2.34. The average molecular weight is 313 g/mol. The van der Waals surface area contributed by atoms with Crippen LogP contribution in [0.5, 0.6) is 0 Å². The van der Waals surface area contributed by atoms with E-state index < -0.39 is 6.04 Å². The third-order valence-electron chi connectivity index (χ3n) is 3.76. The van der Waals surface area contributed by atoms with Gasteiger partial charge in [-0.3, -0.25) is 4.79 Å². The number of nitrogens with two attached hydrogens (primary N) is 1. The van der Waals surface area contributed by atoms with E-state index in [-0.39, 0.29) is 35.9 Å². The summed E-state index contributed by atoms with van der Waals surface area (Å²) in [5.74, 6) is -0.103. The third-order valence-corrected chi connectivity index (χ3v) is 3.76. The second-order valence-corrected chi connectivity index (χ2v) is 6.45. The van der Waals surface area contributed by atoms with E-state index in [2.05, 4.69) is 5.32 Å². The van der Waals surface area contributed by atoms with Gasteiger partial charge in [-0.15, -0.1) is 12.4 Å². The summed E-state index contributed by atoms with van der Waals surface area (Å²) in [6.45, 7) is 6.57. The van der Waals surface area contributed by atoms with Gasteiger partial charge in [0, 0.05) is 6.61 Å². The van der Waals surface area contributed by atoms with Crippen molar-refractivity contribution >= 4 is 18.3 Å². The van der Waals surface area contributed by atoms with Gasteiger partial charge in [0.25, 0.3) is 0 Å². The Hall–Kier alpha value is -1.10. The zero-order chi connectivity index (χ0) is 14.8. The lowest BCUT2D eigenvalue weighted by atomic mass is 9.86. The van der Waals surface area contributed by atoms with Crippen LogP contribution in [0, 0.1) is 5.41 Å². The Kier molecular flexibility index (Phi) is 6.20. The molecule has 1 heterocycles. The van der Waals surface area contributed by atoms with E-state index in [1.165, 1.54) is 0 Å². The Labute approximate surface area is 132 Å². The Balaban J connectivity index is 0.00000220. The number of halogens is 1. The van der Waals surface area contributed by atoms with Crippen LogP contribution < -0.4 is 11.1 Å². The molecule has 0 saturated carbocycles. The normalized spacial score (nSPS) is 23.2. The van der Waals surface area contributed by atoms with Crippen LogP contribution in [0.2, 0.25) is 0 Å². The number of hydrogen-bond acceptors (Lipinski definition) is 3. The summed E-state index contributed by atoms with van der Waals surface area (Å²) in [6.07, 6.45) is 0.745. The van der Waals surface area contributed by atoms with Crippen molar-refractivity contribution in [3.05, 3.63) is 35.9 Å². The van der Waals surface area contributed by atoms with Crippen molar-refractivity contribution in [2.45, 2.75) is 45.4 Å². The second-order valence-electron chi connectivity index (χ2n) is 6.45. The highest BCUT2D eigenvalue weighted by atomic mass is 35.5. The average Bonchev–Trinajstić information content (AvgIpc) is 2.86. The minimum Gasteiger partial charge on any atom is -0.371 e. The zero-order valence-corrected chi connectivity index (χ0v) is 13.7. The second kappa shape index (κ2) is 7.25. The molecule has 1 aromatic rings. The zero-order valence-electron chi connectivity index (χ0n) is 12.8. The molecule has 21 heavy (non-hydrogen) atoms. The fraction of sp³-hybridized carbons (Fsp3) is 0.562. The van der Waals surface area contributed by atoms with Gasteiger partial charge in [0.05, 0.1) is 12.1 Å². The molecule has 3 atom stereocenters. The van der Waals surface area contributed by atoms with Crippen molar-refractivity contribution in [1.29, 1.82) is 0 Å². The van der Waals surface area contributed by atoms with Gasteiger partial charge in [-0.1, -0.05) is 51.1 Å². The minimum absolute atomic E-state index is 0. The molecule has 0 bridgehead atoms. The lowest BCUT2D eigenvalue weighted by Gasteiger charge is -2.28. The number of amides is 1. The molecule has 0 aliphatic carbocycles. The maximum Gasteiger partial charge on any atom is 0.237 e. The van der Waals surface area contributed by atoms with Crippen LogP contribution in [0.15, 0.2) is 30.3 Å². The molecule has 3 N–H and O–H groups in total. The van der Waals surface area contributed by atoms with Gasteiger partial charge < -0.3 is 15.8 Å². The molecular formula is C16H25ClN2O2. The number of carbonyl (C=O) groups excluding carboxylic acids is 1. The van der Waals surface area contributed by atoms with Gasteiger partial charge in [0.2, 0.25) is 5.91 Å². The molecule has 0 aromatic heterocycles. The van der Waals surface area contributed by atoms with E-state index in [0.717, 1.165) is 12.0 Å². The molecule has 0 spiro atoms. The predicted molar refractivity (Wildman–Crippen MR) is 86.4 cm³/mol. The summed E-state index contributed by atoms with van der Waals surface area (Å²) in [4.78, 5) is 12.2. The summed E-state index contributed by atoms with van der Waals surface area (Å²) >= 11 is 0. The van der Waals surface area contributed by atoms with E-state index >= 15 is 0 Å². The molecule has 1 amide bonds. The fourth-order valence-corrected chi connectivity index (χ4v) is 2.37. The maximum atomic E-state index is 12.2. The molecule has 0 radical (unpaired) electrons. The predicted octanol–water partition coefficient (Wildman–Crippen LogP) is 2.43. The highest BCUT2D eigenvalue weighted by Crippen LogP contribution is 2.29. The first-order chi connectivity index (χ1) is 9.39. The smallest absolute Gasteiger partial charge is 0.237 e. The highest BCUT2D eigenvalue weighted by molar-refractivity contribution is 5.85. The summed E-state index contributed by atoms with van der Waals surface area (Å²) in [7, 11) is 0. The van der Waals surface area contributed by atoms with Crippen LogP contribution in [0.1, 0.15) is 38.9 Å². The van der Waals surface area contributed by atoms with Crippen LogP contribution in [0.25, 0.3) is 0 Å². The Morgan fingerprint density at radius 2 is 1.95 bits per heavy atom. The molecule has 2 rings (SSSR count). The molecule has 5 heteroatoms. The molecule has 2 unspecified atom stereocenters. The van der Waals surface area contributed by atoms with E-state index in [4.69, 9.17) is 10.5 Å². The quantitative estimate of drug-likeness (QED) is 0.901. The van der Waals surface area contributed by atoms with Gasteiger partial charge in [-0.2, -0.15) is 0 Å². The minimum atomic E-state index is -0.514. The molecule has 118 valence electrons. The number of hydrogen-bond donors (Lipinski definition) is 2. The van der Waals surface area contributed by atoms with Gasteiger partial charge in [-0.05, 0) is 17.4 Å². The van der Waals surface area contributed by atoms with Gasteiger partial charge in [0.15, 0.2) is 0 Å². The first-order valence-corrected chi connectivity index (χ1v) is 7.12. The molecule has 1 fully saturated rings. The number of carbonyl (C=O) groups is 1. The van der Waals surface area contributed by atoms with E-state index in [1.807, 2.05) is 51.1 Å². The Morgan fingerprint density at radius 1 is 1.33 bits per heavy atom. The molecule has 1 aromatic carbocycles. The summed E-state index contributed by atoms with van der Waals surface area (Å²) in [5.41, 5.74) is 6.86. The monoisotopic (exact) mass is 312 g/mol. The number of ether oxygens (including phenoxy) is 1. The van der Waals surface area contributed by atoms with Crippen molar-refractivity contribution < 1.29 is 9.53 Å². The van der Waals surface area contributed by atoms with Crippen LogP contribution in [0.3, 0.4) is 0 Å². The van der Waals surface area contributed by atoms with Crippen LogP contribution in [0.4, 0.5) is 0 Å². The largest absolute Gasteiger partial charge is 0.371 e. The third kappa shape index (κ3) is 4.43. The molecular weight excluding hydrogens is 288 g/mol. The van der Waals surface area contributed by atoms with Crippen LogP contribution in [-0.4, -0.2) is 24.6 Å². The van der Waals surface area contributed by atoms with Crippen molar-refractivity contribution in [2.24, 2.45) is 11.1 Å².